The Balaban J connectivity index is 1.98. The van der Waals surface area contributed by atoms with Gasteiger partial charge in [0.05, 0.1) is 17.2 Å². The molecule has 3 rings (SSSR count). The van der Waals surface area contributed by atoms with E-state index in [9.17, 15) is 22.8 Å². The van der Waals surface area contributed by atoms with Gasteiger partial charge in [-0.2, -0.15) is 18.3 Å². The van der Waals surface area contributed by atoms with Gasteiger partial charge in [-0.05, 0) is 26.8 Å². The van der Waals surface area contributed by atoms with Gasteiger partial charge in [-0.15, -0.1) is 11.3 Å². The largest absolute Gasteiger partial charge is 0.462 e. The molecule has 0 aromatic carbocycles. The lowest BCUT2D eigenvalue weighted by molar-refractivity contribution is -0.140. The zero-order valence-electron chi connectivity index (χ0n) is 16.0. The number of rotatable bonds is 5. The first-order valence-electron chi connectivity index (χ1n) is 8.58. The normalized spacial score (nSPS) is 11.8. The third-order valence-corrected chi connectivity index (χ3v) is 6.38. The number of carbonyl (C=O) groups is 2. The molecule has 0 saturated heterocycles. The van der Waals surface area contributed by atoms with E-state index in [0.717, 1.165) is 27.4 Å². The number of hydrogen-bond acceptors (Lipinski definition) is 7. The van der Waals surface area contributed by atoms with Gasteiger partial charge in [0.1, 0.15) is 9.71 Å². The van der Waals surface area contributed by atoms with Gasteiger partial charge < -0.3 is 4.74 Å². The highest BCUT2D eigenvalue weighted by atomic mass is 32.1. The topological polar surface area (TPSA) is 77.3 Å². The summed E-state index contributed by atoms with van der Waals surface area (Å²) in [5, 5.41) is 3.68. The number of anilines is 1. The Morgan fingerprint density at radius 1 is 1.28 bits per heavy atom. The number of thiazole rings is 1. The maximum atomic E-state index is 13.2. The van der Waals surface area contributed by atoms with Crippen molar-refractivity contribution in [2.24, 2.45) is 7.05 Å². The molecule has 0 unspecified atom stereocenters. The van der Waals surface area contributed by atoms with Crippen molar-refractivity contribution < 1.29 is 27.5 Å². The fourth-order valence-electron chi connectivity index (χ4n) is 2.74. The van der Waals surface area contributed by atoms with Crippen molar-refractivity contribution in [2.75, 3.05) is 18.1 Å². The second-order valence-electron chi connectivity index (χ2n) is 5.98. The number of aromatic nitrogens is 3. The summed E-state index contributed by atoms with van der Waals surface area (Å²) in [6.07, 6.45) is -4.62. The van der Waals surface area contributed by atoms with Crippen molar-refractivity contribution in [3.8, 4) is 0 Å². The number of thiophene rings is 1. The molecule has 1 amide bonds. The summed E-state index contributed by atoms with van der Waals surface area (Å²) >= 11 is 1.94. The van der Waals surface area contributed by atoms with Crippen LogP contribution in [0.15, 0.2) is 6.07 Å². The minimum atomic E-state index is -4.62. The molecule has 3 aromatic heterocycles. The third-order valence-electron chi connectivity index (χ3n) is 4.03. The second kappa shape index (κ2) is 7.75. The van der Waals surface area contributed by atoms with Crippen LogP contribution in [-0.4, -0.2) is 39.8 Å². The van der Waals surface area contributed by atoms with Crippen molar-refractivity contribution in [3.63, 3.8) is 0 Å². The fraction of sp³-hybridized carbons (Fsp3) is 0.412. The lowest BCUT2D eigenvalue weighted by atomic mass is 10.2. The van der Waals surface area contributed by atoms with Crippen LogP contribution in [0.2, 0.25) is 0 Å². The van der Waals surface area contributed by atoms with E-state index in [4.69, 9.17) is 4.74 Å². The predicted molar refractivity (Wildman–Crippen MR) is 104 cm³/mol. The molecule has 0 bridgehead atoms. The average molecular weight is 446 g/mol. The predicted octanol–water partition coefficient (Wildman–Crippen LogP) is 4.26. The van der Waals surface area contributed by atoms with Crippen LogP contribution in [0, 0.1) is 6.92 Å². The second-order valence-corrected chi connectivity index (χ2v) is 7.99. The lowest BCUT2D eigenvalue weighted by Gasteiger charge is -2.16. The van der Waals surface area contributed by atoms with Crippen LogP contribution in [0.1, 0.15) is 44.6 Å². The maximum absolute atomic E-state index is 13.2. The van der Waals surface area contributed by atoms with E-state index in [1.807, 2.05) is 0 Å². The van der Waals surface area contributed by atoms with Crippen LogP contribution in [-0.2, 0) is 18.0 Å². The van der Waals surface area contributed by atoms with E-state index in [1.165, 1.54) is 18.0 Å². The van der Waals surface area contributed by atoms with Crippen LogP contribution in [0.3, 0.4) is 0 Å². The summed E-state index contributed by atoms with van der Waals surface area (Å²) in [6, 6.07) is 1.20. The van der Waals surface area contributed by atoms with Crippen molar-refractivity contribution >= 4 is 49.9 Å². The molecule has 0 radical (unpaired) electrons. The first kappa shape index (κ1) is 21.2. The highest BCUT2D eigenvalue weighted by Gasteiger charge is 2.38. The maximum Gasteiger partial charge on any atom is 0.435 e. The Labute approximate surface area is 171 Å². The number of amides is 1. The average Bonchev–Trinajstić information content (AvgIpc) is 3.30. The van der Waals surface area contributed by atoms with Gasteiger partial charge in [-0.25, -0.2) is 9.78 Å². The van der Waals surface area contributed by atoms with Gasteiger partial charge in [-0.1, -0.05) is 11.3 Å². The minimum Gasteiger partial charge on any atom is -0.462 e. The number of carbonyl (C=O) groups excluding carboxylic acids is 2. The summed E-state index contributed by atoms with van der Waals surface area (Å²) in [4.78, 5) is 31.3. The molecular formula is C17H17F3N4O3S2. The van der Waals surface area contributed by atoms with E-state index >= 15 is 0 Å². The molecule has 0 spiro atoms. The summed E-state index contributed by atoms with van der Waals surface area (Å²) < 4.78 is 45.7. The molecule has 156 valence electrons. The summed E-state index contributed by atoms with van der Waals surface area (Å²) in [6.45, 7) is 5.47. The number of aryl methyl sites for hydroxylation is 2. The number of hydrogen-bond donors (Lipinski definition) is 0. The van der Waals surface area contributed by atoms with Crippen LogP contribution >= 0.6 is 22.7 Å². The van der Waals surface area contributed by atoms with E-state index < -0.39 is 23.7 Å². The van der Waals surface area contributed by atoms with Crippen molar-refractivity contribution in [1.29, 1.82) is 0 Å². The molecule has 0 aliphatic carbocycles. The van der Waals surface area contributed by atoms with Crippen molar-refractivity contribution in [1.82, 2.24) is 14.8 Å². The van der Waals surface area contributed by atoms with Gasteiger partial charge in [-0.3, -0.25) is 14.4 Å². The number of ether oxygens (including phenoxy) is 1. The third kappa shape index (κ3) is 3.86. The van der Waals surface area contributed by atoms with Gasteiger partial charge in [0.15, 0.2) is 10.8 Å². The molecule has 7 nitrogen and oxygen atoms in total. The summed E-state index contributed by atoms with van der Waals surface area (Å²) in [5.74, 6) is -1.02. The van der Waals surface area contributed by atoms with E-state index in [2.05, 4.69) is 10.1 Å². The first-order chi connectivity index (χ1) is 13.6. The van der Waals surface area contributed by atoms with Gasteiger partial charge in [0.25, 0.3) is 5.91 Å². The van der Waals surface area contributed by atoms with Crippen LogP contribution in [0.5, 0.6) is 0 Å². The summed E-state index contributed by atoms with van der Waals surface area (Å²) in [7, 11) is 1.40. The van der Waals surface area contributed by atoms with Gasteiger partial charge in [0, 0.05) is 19.0 Å². The van der Waals surface area contributed by atoms with E-state index in [0.29, 0.717) is 5.69 Å². The first-order valence-corrected chi connectivity index (χ1v) is 10.2. The number of fused-ring (bicyclic) bond motifs is 1. The molecule has 0 N–H and O–H groups in total. The molecule has 0 atom stereocenters. The molecular weight excluding hydrogens is 429 g/mol. The van der Waals surface area contributed by atoms with Crippen molar-refractivity contribution in [2.45, 2.75) is 26.9 Å². The van der Waals surface area contributed by atoms with Crippen molar-refractivity contribution in [3.05, 3.63) is 27.2 Å². The Morgan fingerprint density at radius 3 is 2.55 bits per heavy atom. The quantitative estimate of drug-likeness (QED) is 0.548. The van der Waals surface area contributed by atoms with Gasteiger partial charge in [0.2, 0.25) is 0 Å². The molecule has 29 heavy (non-hydrogen) atoms. The number of alkyl halides is 3. The number of esters is 1. The standard InChI is InChI=1S/C17H17F3N4O3S2/c1-5-24(16-21-8(3)11(29-16)15(26)27-6-2)13(25)10-7-9-12(17(18,19)20)22-23(4)14(9)28-10/h7H,5-6H2,1-4H3. The Morgan fingerprint density at radius 2 is 1.97 bits per heavy atom. The highest BCUT2D eigenvalue weighted by Crippen LogP contribution is 2.38. The van der Waals surface area contributed by atoms with Crippen LogP contribution < -0.4 is 4.90 Å². The highest BCUT2D eigenvalue weighted by molar-refractivity contribution is 7.21. The fourth-order valence-corrected chi connectivity index (χ4v) is 4.78. The Hall–Kier alpha value is -2.47. The monoisotopic (exact) mass is 446 g/mol. The van der Waals surface area contributed by atoms with Gasteiger partial charge >= 0.3 is 12.1 Å². The molecule has 0 fully saturated rings. The molecule has 0 aliphatic heterocycles. The van der Waals surface area contributed by atoms with E-state index in [1.54, 1.807) is 20.8 Å². The molecule has 12 heteroatoms. The van der Waals surface area contributed by atoms with Crippen LogP contribution in [0.25, 0.3) is 10.2 Å². The molecule has 3 aromatic rings. The SMILES string of the molecule is CCOC(=O)c1sc(N(CC)C(=O)c2cc3c(C(F)(F)F)nn(C)c3s2)nc1C. The molecule has 3 heterocycles. The molecule has 0 saturated carbocycles. The lowest BCUT2D eigenvalue weighted by Crippen LogP contribution is -2.29. The number of nitrogens with zero attached hydrogens (tertiary/aromatic N) is 4. The minimum absolute atomic E-state index is 0.119. The Kier molecular flexibility index (Phi) is 5.68. The smallest absolute Gasteiger partial charge is 0.435 e. The zero-order chi connectivity index (χ0) is 21.5. The summed E-state index contributed by atoms with van der Waals surface area (Å²) in [5.41, 5.74) is -0.599. The number of halogens is 3. The van der Waals surface area contributed by atoms with Crippen LogP contribution in [0.4, 0.5) is 18.3 Å². The Bertz CT molecular complexity index is 1080. The molecule has 0 aliphatic rings. The van der Waals surface area contributed by atoms with E-state index in [-0.39, 0.29) is 38.3 Å². The zero-order valence-corrected chi connectivity index (χ0v) is 17.6.